The van der Waals surface area contributed by atoms with Crippen molar-refractivity contribution in [1.82, 2.24) is 15.5 Å². The van der Waals surface area contributed by atoms with Crippen molar-refractivity contribution in [2.75, 3.05) is 16.8 Å². The molecule has 3 rings (SSSR count). The minimum absolute atomic E-state index is 0.0875. The first-order chi connectivity index (χ1) is 18.8. The molecule has 0 aliphatic rings. The van der Waals surface area contributed by atoms with E-state index in [0.29, 0.717) is 34.3 Å². The predicted molar refractivity (Wildman–Crippen MR) is 158 cm³/mol. The second-order valence-corrected chi connectivity index (χ2v) is 11.5. The number of carbonyl (C=O) groups is 2. The largest absolute Gasteiger partial charge is 0.308 e. The number of rotatable bonds is 12. The summed E-state index contributed by atoms with van der Waals surface area (Å²) in [6.07, 6.45) is 2.72. The van der Waals surface area contributed by atoms with E-state index < -0.39 is 0 Å². The summed E-state index contributed by atoms with van der Waals surface area (Å²) >= 11 is 3.90. The molecule has 0 saturated heterocycles. The lowest BCUT2D eigenvalue weighted by Gasteiger charge is -2.07. The fraction of sp³-hybridized carbons (Fsp3) is 0.231. The third kappa shape index (κ3) is 10.8. The number of aromatic nitrogens is 2. The number of amides is 2. The zero-order valence-corrected chi connectivity index (χ0v) is 23.3. The van der Waals surface area contributed by atoms with Gasteiger partial charge < -0.3 is 16.0 Å². The second kappa shape index (κ2) is 15.5. The number of benzene rings is 2. The number of hydrogen-bond acceptors (Lipinski definition) is 11. The number of nitriles is 1. The Morgan fingerprint density at radius 1 is 0.974 bits per heavy atom. The molecule has 0 atom stereocenters. The third-order valence-corrected chi connectivity index (χ3v) is 7.72. The Balaban J connectivity index is 1.27. The molecule has 0 spiro atoms. The van der Waals surface area contributed by atoms with Crippen LogP contribution in [0.1, 0.15) is 33.7 Å². The molecule has 1 heterocycles. The molecule has 2 amide bonds. The quantitative estimate of drug-likeness (QED) is 0.121. The van der Waals surface area contributed by atoms with Crippen LogP contribution in [-0.2, 0) is 28.9 Å². The van der Waals surface area contributed by atoms with Gasteiger partial charge in [-0.2, -0.15) is 17.0 Å². The molecule has 0 aliphatic carbocycles. The molecule has 200 valence electrons. The number of carbonyl (C=O) groups excluding carboxylic acids is 2. The van der Waals surface area contributed by atoms with Gasteiger partial charge in [0.25, 0.3) is 0 Å². The van der Waals surface area contributed by atoms with Gasteiger partial charge in [0.05, 0.1) is 29.5 Å². The zero-order chi connectivity index (χ0) is 28.0. The number of anilines is 1. The number of aryl methyl sites for hydroxylation is 1. The Morgan fingerprint density at radius 3 is 2.31 bits per heavy atom. The van der Waals surface area contributed by atoms with E-state index in [1.807, 2.05) is 18.2 Å². The number of nitrogens with zero attached hydrogens (tertiary/aromatic N) is 3. The maximum atomic E-state index is 12.3. The molecule has 0 radical (unpaired) electrons. The van der Waals surface area contributed by atoms with Crippen LogP contribution >= 0.6 is 34.9 Å². The molecule has 2 aromatic carbocycles. The predicted octanol–water partition coefficient (Wildman–Crippen LogP) is 4.26. The average molecular weight is 579 g/mol. The van der Waals surface area contributed by atoms with Crippen molar-refractivity contribution in [1.29, 1.82) is 21.5 Å². The summed E-state index contributed by atoms with van der Waals surface area (Å²) < 4.78 is 0. The van der Waals surface area contributed by atoms with Gasteiger partial charge in [0, 0.05) is 19.1 Å². The lowest BCUT2D eigenvalue weighted by atomic mass is 10.1. The van der Waals surface area contributed by atoms with Crippen LogP contribution in [-0.4, -0.2) is 49.9 Å². The summed E-state index contributed by atoms with van der Waals surface area (Å²) in [7, 11) is 0. The van der Waals surface area contributed by atoms with Gasteiger partial charge in [-0.3, -0.25) is 20.4 Å². The van der Waals surface area contributed by atoms with E-state index >= 15 is 0 Å². The first-order valence-corrected chi connectivity index (χ1v) is 14.6. The highest BCUT2D eigenvalue weighted by atomic mass is 32.2. The van der Waals surface area contributed by atoms with E-state index in [0.717, 1.165) is 39.2 Å². The molecule has 0 fully saturated rings. The number of thioether (sulfide) groups is 2. The van der Waals surface area contributed by atoms with E-state index in [1.165, 1.54) is 17.6 Å². The van der Waals surface area contributed by atoms with E-state index in [2.05, 4.69) is 20.8 Å². The fourth-order valence-corrected chi connectivity index (χ4v) is 5.68. The van der Waals surface area contributed by atoms with Gasteiger partial charge in [-0.15, -0.1) is 10.2 Å². The molecule has 0 aliphatic heterocycles. The van der Waals surface area contributed by atoms with Gasteiger partial charge in [-0.25, -0.2) is 0 Å². The van der Waals surface area contributed by atoms with Gasteiger partial charge in [-0.1, -0.05) is 47.7 Å². The molecule has 10 nitrogen and oxygen atoms in total. The summed E-state index contributed by atoms with van der Waals surface area (Å²) in [6.45, 7) is 0. The third-order valence-electron chi connectivity index (χ3n) is 5.08. The number of amidine groups is 1. The fourth-order valence-electron chi connectivity index (χ4n) is 3.17. The van der Waals surface area contributed by atoms with Crippen LogP contribution in [0.15, 0.2) is 48.5 Å². The van der Waals surface area contributed by atoms with Crippen LogP contribution in [0.2, 0.25) is 0 Å². The van der Waals surface area contributed by atoms with Gasteiger partial charge >= 0.3 is 0 Å². The highest BCUT2D eigenvalue weighted by Crippen LogP contribution is 2.19. The zero-order valence-electron chi connectivity index (χ0n) is 20.8. The Bertz CT molecular complexity index is 1370. The maximum Gasteiger partial charge on any atom is 0.230 e. The van der Waals surface area contributed by atoms with Crippen LogP contribution in [0.25, 0.3) is 0 Å². The van der Waals surface area contributed by atoms with Crippen LogP contribution in [0.5, 0.6) is 0 Å². The summed E-state index contributed by atoms with van der Waals surface area (Å²) in [5.74, 6) is 0.947. The Labute approximate surface area is 238 Å². The second-order valence-electron chi connectivity index (χ2n) is 8.11. The van der Waals surface area contributed by atoms with E-state index in [4.69, 9.17) is 21.5 Å². The SMILES string of the molecule is N#Cc1ccc(CC(=O)NC(=N)SC(=N)CCSCCc2nnc(NC(=O)Cc3ccc(C=N)cc3)s2)cc1. The van der Waals surface area contributed by atoms with E-state index in [9.17, 15) is 9.59 Å². The van der Waals surface area contributed by atoms with Crippen molar-refractivity contribution in [3.63, 3.8) is 0 Å². The van der Waals surface area contributed by atoms with Crippen molar-refractivity contribution in [3.05, 3.63) is 75.8 Å². The van der Waals surface area contributed by atoms with E-state index in [-0.39, 0.29) is 29.8 Å². The molecule has 0 bridgehead atoms. The molecular weight excluding hydrogens is 553 g/mol. The Kier molecular flexibility index (Phi) is 11.8. The number of nitrogens with one attached hydrogen (secondary N) is 5. The smallest absolute Gasteiger partial charge is 0.230 e. The highest BCUT2D eigenvalue weighted by Gasteiger charge is 2.11. The molecule has 0 saturated carbocycles. The minimum Gasteiger partial charge on any atom is -0.308 e. The van der Waals surface area contributed by atoms with Crippen molar-refractivity contribution in [3.8, 4) is 6.07 Å². The maximum absolute atomic E-state index is 12.3. The van der Waals surface area contributed by atoms with Crippen LogP contribution < -0.4 is 10.6 Å². The standard InChI is InChI=1S/C26H26N8O2S3/c27-15-19-5-1-17(2-6-19)13-22(35)31-25(30)38-21(29)9-11-37-12-10-24-33-34-26(39-24)32-23(36)14-18-3-7-20(16-28)8-4-18/h1-8,16,28-29H,9-14H2,(H2,30,31,35)(H,32,34,36). The van der Waals surface area contributed by atoms with Crippen molar-refractivity contribution in [2.24, 2.45) is 0 Å². The summed E-state index contributed by atoms with van der Waals surface area (Å²) in [5.41, 5.74) is 2.89. The Morgan fingerprint density at radius 2 is 1.64 bits per heavy atom. The first-order valence-electron chi connectivity index (χ1n) is 11.8. The molecule has 5 N–H and O–H groups in total. The van der Waals surface area contributed by atoms with Crippen LogP contribution in [0.3, 0.4) is 0 Å². The minimum atomic E-state index is -0.343. The monoisotopic (exact) mass is 578 g/mol. The van der Waals surface area contributed by atoms with Crippen molar-refractivity contribution >= 4 is 68.2 Å². The normalized spacial score (nSPS) is 10.3. The van der Waals surface area contributed by atoms with Crippen LogP contribution in [0.4, 0.5) is 5.13 Å². The summed E-state index contributed by atoms with van der Waals surface area (Å²) in [4.78, 5) is 24.4. The van der Waals surface area contributed by atoms with Crippen molar-refractivity contribution in [2.45, 2.75) is 25.7 Å². The van der Waals surface area contributed by atoms with Crippen molar-refractivity contribution < 1.29 is 9.59 Å². The number of hydrogen-bond donors (Lipinski definition) is 5. The van der Waals surface area contributed by atoms with E-state index in [1.54, 1.807) is 48.2 Å². The lowest BCUT2D eigenvalue weighted by Crippen LogP contribution is -2.29. The molecule has 39 heavy (non-hydrogen) atoms. The Hall–Kier alpha value is -3.86. The highest BCUT2D eigenvalue weighted by molar-refractivity contribution is 8.26. The molecule has 13 heteroatoms. The van der Waals surface area contributed by atoms with Crippen LogP contribution in [0, 0.1) is 27.6 Å². The van der Waals surface area contributed by atoms with Gasteiger partial charge in [0.15, 0.2) is 5.17 Å². The molecule has 3 aromatic rings. The first kappa shape index (κ1) is 29.7. The topological polar surface area (TPSA) is 179 Å². The summed E-state index contributed by atoms with van der Waals surface area (Å²) in [5, 5.41) is 46.9. The summed E-state index contributed by atoms with van der Waals surface area (Å²) in [6, 6.07) is 15.9. The average Bonchev–Trinajstić information content (AvgIpc) is 3.35. The molecule has 1 aromatic heterocycles. The lowest BCUT2D eigenvalue weighted by molar-refractivity contribution is -0.119. The molecular formula is C26H26N8O2S3. The molecule has 0 unspecified atom stereocenters. The van der Waals surface area contributed by atoms with Gasteiger partial charge in [0.1, 0.15) is 5.01 Å². The van der Waals surface area contributed by atoms with Gasteiger partial charge in [0.2, 0.25) is 16.9 Å². The van der Waals surface area contributed by atoms with Gasteiger partial charge in [-0.05, 0) is 52.1 Å².